The third kappa shape index (κ3) is 2.52. The van der Waals surface area contributed by atoms with Gasteiger partial charge in [-0.15, -0.1) is 0 Å². The first-order chi connectivity index (χ1) is 8.51. The fourth-order valence-corrected chi connectivity index (χ4v) is 2.42. The second-order valence-corrected chi connectivity index (χ2v) is 5.69. The first-order valence-electron chi connectivity index (χ1n) is 5.77. The molecule has 0 spiro atoms. The lowest BCUT2D eigenvalue weighted by Gasteiger charge is -2.26. The van der Waals surface area contributed by atoms with Crippen LogP contribution in [0.4, 0.5) is 0 Å². The minimum Gasteiger partial charge on any atom is -0.768 e. The largest absolute Gasteiger partial charge is 0.768 e. The van der Waals surface area contributed by atoms with Crippen LogP contribution in [0.3, 0.4) is 0 Å². The van der Waals surface area contributed by atoms with Crippen LogP contribution in [0.1, 0.15) is 25.0 Å². The molecule has 0 aliphatic carbocycles. The Morgan fingerprint density at radius 1 is 0.944 bits per heavy atom. The Balaban J connectivity index is 2.47. The van der Waals surface area contributed by atoms with E-state index >= 15 is 0 Å². The van der Waals surface area contributed by atoms with Crippen LogP contribution in [0.5, 0.6) is 0 Å². The first kappa shape index (κ1) is 13.0. The quantitative estimate of drug-likeness (QED) is 0.794. The fourth-order valence-electron chi connectivity index (χ4n) is 2.01. The Labute approximate surface area is 110 Å². The summed E-state index contributed by atoms with van der Waals surface area (Å²) in [5.74, 6) is 0. The van der Waals surface area contributed by atoms with Gasteiger partial charge in [0.05, 0.1) is 0 Å². The summed E-state index contributed by atoms with van der Waals surface area (Å²) in [6.45, 7) is 4.18. The Bertz CT molecular complexity index is 562. The molecular formula is C15H15O2S-. The van der Waals surface area contributed by atoms with Gasteiger partial charge in [-0.1, -0.05) is 56.3 Å². The molecule has 0 aliphatic heterocycles. The highest BCUT2D eigenvalue weighted by Crippen LogP contribution is 2.31. The summed E-state index contributed by atoms with van der Waals surface area (Å²) in [5.41, 5.74) is 1.95. The maximum Gasteiger partial charge on any atom is 0.0251 e. The molecule has 2 rings (SSSR count). The van der Waals surface area contributed by atoms with Crippen LogP contribution < -0.4 is 0 Å². The van der Waals surface area contributed by atoms with E-state index in [0.717, 1.165) is 5.56 Å². The molecule has 3 heteroatoms. The Kier molecular flexibility index (Phi) is 3.64. The monoisotopic (exact) mass is 259 g/mol. The van der Waals surface area contributed by atoms with Crippen molar-refractivity contribution in [1.29, 1.82) is 0 Å². The standard InChI is InChI=1S/C15H16O2S/c1-15(2,12-7-4-3-5-8-12)13-9-6-10-14(11-13)18(16)17/h3-11H,1-2H3,(H,16,17)/p-1. The molecule has 2 nitrogen and oxygen atoms in total. The molecule has 1 atom stereocenters. The van der Waals surface area contributed by atoms with Gasteiger partial charge in [-0.05, 0) is 34.3 Å². The Morgan fingerprint density at radius 3 is 2.17 bits per heavy atom. The molecule has 0 radical (unpaired) electrons. The zero-order valence-electron chi connectivity index (χ0n) is 10.4. The van der Waals surface area contributed by atoms with E-state index in [9.17, 15) is 8.76 Å². The highest BCUT2D eigenvalue weighted by molar-refractivity contribution is 7.79. The Morgan fingerprint density at radius 2 is 1.56 bits per heavy atom. The lowest BCUT2D eigenvalue weighted by molar-refractivity contribution is 0.536. The van der Waals surface area contributed by atoms with Gasteiger partial charge in [0.1, 0.15) is 0 Å². The van der Waals surface area contributed by atoms with Crippen molar-refractivity contribution in [2.24, 2.45) is 0 Å². The van der Waals surface area contributed by atoms with E-state index in [0.29, 0.717) is 4.90 Å². The summed E-state index contributed by atoms with van der Waals surface area (Å²) in [4.78, 5) is 0.330. The molecule has 18 heavy (non-hydrogen) atoms. The van der Waals surface area contributed by atoms with Gasteiger partial charge < -0.3 is 4.55 Å². The zero-order valence-corrected chi connectivity index (χ0v) is 11.2. The van der Waals surface area contributed by atoms with Crippen LogP contribution in [-0.4, -0.2) is 8.76 Å². The maximum absolute atomic E-state index is 11.0. The zero-order chi connectivity index (χ0) is 13.2. The van der Waals surface area contributed by atoms with E-state index in [1.54, 1.807) is 18.2 Å². The van der Waals surface area contributed by atoms with Gasteiger partial charge in [0.2, 0.25) is 0 Å². The molecule has 0 heterocycles. The fraction of sp³-hybridized carbons (Fsp3) is 0.200. The van der Waals surface area contributed by atoms with Crippen molar-refractivity contribution >= 4 is 11.1 Å². The summed E-state index contributed by atoms with van der Waals surface area (Å²) < 4.78 is 22.0. The summed E-state index contributed by atoms with van der Waals surface area (Å²) in [7, 11) is 0. The van der Waals surface area contributed by atoms with Crippen molar-refractivity contribution in [1.82, 2.24) is 0 Å². The third-order valence-electron chi connectivity index (χ3n) is 3.24. The Hall–Kier alpha value is -1.45. The predicted molar refractivity (Wildman–Crippen MR) is 72.2 cm³/mol. The summed E-state index contributed by atoms with van der Waals surface area (Å²) in [6, 6.07) is 17.2. The number of rotatable bonds is 3. The molecule has 0 saturated carbocycles. The molecule has 0 saturated heterocycles. The highest BCUT2D eigenvalue weighted by Gasteiger charge is 2.22. The molecule has 2 aromatic rings. The van der Waals surface area contributed by atoms with Gasteiger partial charge in [-0.3, -0.25) is 4.21 Å². The number of hydrogen-bond acceptors (Lipinski definition) is 2. The predicted octanol–water partition coefficient (Wildman–Crippen LogP) is 3.25. The van der Waals surface area contributed by atoms with E-state index < -0.39 is 11.1 Å². The minimum atomic E-state index is -2.18. The van der Waals surface area contributed by atoms with E-state index in [2.05, 4.69) is 26.0 Å². The van der Waals surface area contributed by atoms with E-state index in [1.165, 1.54) is 5.56 Å². The topological polar surface area (TPSA) is 40.1 Å². The van der Waals surface area contributed by atoms with Crippen LogP contribution in [-0.2, 0) is 16.5 Å². The third-order valence-corrected chi connectivity index (χ3v) is 3.88. The second-order valence-electron chi connectivity index (χ2n) is 4.75. The second kappa shape index (κ2) is 5.04. The average Bonchev–Trinajstić information content (AvgIpc) is 2.40. The van der Waals surface area contributed by atoms with Crippen molar-refractivity contribution in [2.75, 3.05) is 0 Å². The number of benzene rings is 2. The lowest BCUT2D eigenvalue weighted by Crippen LogP contribution is -2.19. The molecule has 0 bridgehead atoms. The van der Waals surface area contributed by atoms with Crippen LogP contribution in [0, 0.1) is 0 Å². The molecule has 0 N–H and O–H groups in total. The van der Waals surface area contributed by atoms with Crippen molar-refractivity contribution in [2.45, 2.75) is 24.2 Å². The van der Waals surface area contributed by atoms with E-state index in [4.69, 9.17) is 0 Å². The van der Waals surface area contributed by atoms with Gasteiger partial charge in [0.25, 0.3) is 0 Å². The summed E-state index contributed by atoms with van der Waals surface area (Å²) in [5, 5.41) is 0. The van der Waals surface area contributed by atoms with Gasteiger partial charge in [-0.2, -0.15) is 0 Å². The van der Waals surface area contributed by atoms with Crippen LogP contribution in [0.15, 0.2) is 59.5 Å². The smallest absolute Gasteiger partial charge is 0.0251 e. The van der Waals surface area contributed by atoms with E-state index in [1.807, 2.05) is 24.3 Å². The molecule has 0 amide bonds. The average molecular weight is 259 g/mol. The van der Waals surface area contributed by atoms with Crippen LogP contribution in [0.25, 0.3) is 0 Å². The minimum absolute atomic E-state index is 0.212. The summed E-state index contributed by atoms with van der Waals surface area (Å²) >= 11 is -2.18. The molecule has 94 valence electrons. The molecule has 0 aromatic heterocycles. The van der Waals surface area contributed by atoms with Crippen molar-refractivity contribution in [3.63, 3.8) is 0 Å². The van der Waals surface area contributed by atoms with Gasteiger partial charge in [0.15, 0.2) is 0 Å². The molecule has 0 fully saturated rings. The van der Waals surface area contributed by atoms with Crippen LogP contribution >= 0.6 is 0 Å². The van der Waals surface area contributed by atoms with Gasteiger partial charge in [-0.25, -0.2) is 0 Å². The SMILES string of the molecule is CC(C)(c1ccccc1)c1cccc(S(=O)[O-])c1. The van der Waals surface area contributed by atoms with Gasteiger partial charge in [0, 0.05) is 10.3 Å². The molecule has 1 unspecified atom stereocenters. The highest BCUT2D eigenvalue weighted by atomic mass is 32.2. The molecular weight excluding hydrogens is 244 g/mol. The summed E-state index contributed by atoms with van der Waals surface area (Å²) in [6.07, 6.45) is 0. The normalized spacial score (nSPS) is 13.3. The maximum atomic E-state index is 11.0. The number of hydrogen-bond donors (Lipinski definition) is 0. The van der Waals surface area contributed by atoms with E-state index in [-0.39, 0.29) is 5.41 Å². The van der Waals surface area contributed by atoms with Crippen LogP contribution in [0.2, 0.25) is 0 Å². The van der Waals surface area contributed by atoms with Crippen molar-refractivity contribution in [3.8, 4) is 0 Å². The lowest BCUT2D eigenvalue weighted by atomic mass is 9.78. The molecule has 2 aromatic carbocycles. The first-order valence-corrected chi connectivity index (χ1v) is 6.84. The van der Waals surface area contributed by atoms with Gasteiger partial charge >= 0.3 is 0 Å². The van der Waals surface area contributed by atoms with Crippen molar-refractivity contribution < 1.29 is 8.76 Å². The molecule has 0 aliphatic rings. The van der Waals surface area contributed by atoms with Crippen molar-refractivity contribution in [3.05, 3.63) is 65.7 Å².